The summed E-state index contributed by atoms with van der Waals surface area (Å²) in [5.41, 5.74) is 2.52. The first kappa shape index (κ1) is 16.7. The molecule has 0 aliphatic rings. The lowest BCUT2D eigenvalue weighted by atomic mass is 10.1. The number of carbonyl (C=O) groups excluding carboxylic acids is 1. The van der Waals surface area contributed by atoms with Crippen LogP contribution in [0.5, 0.6) is 0 Å². The van der Waals surface area contributed by atoms with Gasteiger partial charge in [-0.05, 0) is 32.6 Å². The van der Waals surface area contributed by atoms with Crippen LogP contribution in [0.3, 0.4) is 0 Å². The summed E-state index contributed by atoms with van der Waals surface area (Å²) in [6.45, 7) is 8.20. The zero-order chi connectivity index (χ0) is 17.1. The second kappa shape index (κ2) is 6.59. The first-order chi connectivity index (χ1) is 10.8. The summed E-state index contributed by atoms with van der Waals surface area (Å²) in [7, 11) is 0. The van der Waals surface area contributed by atoms with E-state index in [9.17, 15) is 14.9 Å². The van der Waals surface area contributed by atoms with Crippen LogP contribution >= 0.6 is 0 Å². The van der Waals surface area contributed by atoms with Crippen molar-refractivity contribution in [2.24, 2.45) is 0 Å². The van der Waals surface area contributed by atoms with Gasteiger partial charge in [-0.25, -0.2) is 0 Å². The highest BCUT2D eigenvalue weighted by Crippen LogP contribution is 2.17. The molecule has 0 aliphatic heterocycles. The number of hydrogen-bond acceptors (Lipinski definition) is 5. The first-order valence-corrected chi connectivity index (χ1v) is 7.34. The minimum Gasteiger partial charge on any atom is -0.358 e. The molecule has 2 aromatic heterocycles. The van der Waals surface area contributed by atoms with Crippen molar-refractivity contribution in [3.8, 4) is 0 Å². The minimum absolute atomic E-state index is 0.0645. The zero-order valence-corrected chi connectivity index (χ0v) is 13.6. The molecule has 0 bridgehead atoms. The van der Waals surface area contributed by atoms with E-state index in [2.05, 4.69) is 15.5 Å². The van der Waals surface area contributed by atoms with Crippen LogP contribution in [0.4, 0.5) is 5.82 Å². The van der Waals surface area contributed by atoms with Crippen molar-refractivity contribution >= 4 is 11.7 Å². The van der Waals surface area contributed by atoms with E-state index in [0.29, 0.717) is 5.69 Å². The second-order valence-electron chi connectivity index (χ2n) is 5.35. The molecule has 23 heavy (non-hydrogen) atoms. The van der Waals surface area contributed by atoms with Gasteiger partial charge in [-0.3, -0.25) is 9.48 Å². The highest BCUT2D eigenvalue weighted by atomic mass is 16.6. The van der Waals surface area contributed by atoms with E-state index < -0.39 is 4.92 Å². The lowest BCUT2D eigenvalue weighted by molar-refractivity contribution is -0.389. The Kier molecular flexibility index (Phi) is 4.77. The number of amides is 1. The molecule has 0 spiro atoms. The molecule has 1 unspecified atom stereocenters. The van der Waals surface area contributed by atoms with Crippen LogP contribution in [0.15, 0.2) is 12.3 Å². The van der Waals surface area contributed by atoms with Crippen LogP contribution in [0.2, 0.25) is 0 Å². The molecule has 1 atom stereocenters. The monoisotopic (exact) mass is 320 g/mol. The lowest BCUT2D eigenvalue weighted by Crippen LogP contribution is -2.31. The molecule has 1 N–H and O–H groups in total. The third-order valence-electron chi connectivity index (χ3n) is 3.73. The maximum Gasteiger partial charge on any atom is 0.390 e. The van der Waals surface area contributed by atoms with E-state index in [1.165, 1.54) is 10.7 Å². The number of nitrogens with one attached hydrogen (secondary N) is 1. The quantitative estimate of drug-likeness (QED) is 0.641. The number of nitrogens with zero attached hydrogens (tertiary/aromatic N) is 5. The highest BCUT2D eigenvalue weighted by molar-refractivity contribution is 5.76. The van der Waals surface area contributed by atoms with E-state index in [-0.39, 0.29) is 24.3 Å². The molecular weight excluding hydrogens is 300 g/mol. The fourth-order valence-corrected chi connectivity index (χ4v) is 2.45. The molecule has 2 rings (SSSR count). The van der Waals surface area contributed by atoms with Gasteiger partial charge < -0.3 is 15.4 Å². The van der Waals surface area contributed by atoms with E-state index in [1.807, 2.05) is 25.5 Å². The second-order valence-corrected chi connectivity index (χ2v) is 5.35. The van der Waals surface area contributed by atoms with Gasteiger partial charge in [0, 0.05) is 17.8 Å². The normalized spacial score (nSPS) is 12.2. The van der Waals surface area contributed by atoms with Crippen molar-refractivity contribution in [2.45, 2.75) is 46.8 Å². The molecule has 0 radical (unpaired) electrons. The van der Waals surface area contributed by atoms with Crippen LogP contribution in [0.1, 0.15) is 36.8 Å². The minimum atomic E-state index is -0.577. The van der Waals surface area contributed by atoms with Crippen LogP contribution in [0.25, 0.3) is 0 Å². The van der Waals surface area contributed by atoms with Gasteiger partial charge in [0.25, 0.3) is 0 Å². The fraction of sp³-hybridized carbons (Fsp3) is 0.500. The molecule has 0 fully saturated rings. The topological polar surface area (TPSA) is 108 Å². The summed E-state index contributed by atoms with van der Waals surface area (Å²) in [5.74, 6) is -0.523. The summed E-state index contributed by atoms with van der Waals surface area (Å²) in [4.78, 5) is 22.3. The summed E-state index contributed by atoms with van der Waals surface area (Å²) in [6, 6.07) is 1.14. The Bertz CT molecular complexity index is 733. The van der Waals surface area contributed by atoms with Crippen molar-refractivity contribution in [3.63, 3.8) is 0 Å². The van der Waals surface area contributed by atoms with Crippen molar-refractivity contribution in [1.29, 1.82) is 0 Å². The van der Waals surface area contributed by atoms with Gasteiger partial charge in [0.2, 0.25) is 5.91 Å². The lowest BCUT2D eigenvalue weighted by Gasteiger charge is -2.13. The smallest absolute Gasteiger partial charge is 0.358 e. The van der Waals surface area contributed by atoms with Gasteiger partial charge in [0.15, 0.2) is 0 Å². The number of carbonyl (C=O) groups is 1. The number of nitro groups is 1. The molecule has 1 amide bonds. The summed E-state index contributed by atoms with van der Waals surface area (Å²) in [5, 5.41) is 21.6. The summed E-state index contributed by atoms with van der Waals surface area (Å²) >= 11 is 0. The fourth-order valence-electron chi connectivity index (χ4n) is 2.45. The summed E-state index contributed by atoms with van der Waals surface area (Å²) < 4.78 is 3.18. The molecule has 0 aliphatic carbocycles. The van der Waals surface area contributed by atoms with Crippen molar-refractivity contribution in [1.82, 2.24) is 24.9 Å². The maximum absolute atomic E-state index is 12.1. The standard InChI is InChI=1S/C14H20N6O3/c1-5-18-11(4)12(7-15-18)10(3)16-14(21)8-19-9(2)6-13(17-19)20(22)23/h6-7,10H,5,8H2,1-4H3,(H,16,21). The van der Waals surface area contributed by atoms with Crippen molar-refractivity contribution < 1.29 is 9.72 Å². The Morgan fingerprint density at radius 3 is 2.65 bits per heavy atom. The number of rotatable bonds is 6. The van der Waals surface area contributed by atoms with Gasteiger partial charge in [-0.1, -0.05) is 0 Å². The van der Waals surface area contributed by atoms with Crippen LogP contribution in [-0.2, 0) is 17.9 Å². The molecule has 124 valence electrons. The van der Waals surface area contributed by atoms with Crippen LogP contribution in [0, 0.1) is 24.0 Å². The molecule has 2 aromatic rings. The number of aromatic nitrogens is 4. The molecule has 0 aromatic carbocycles. The van der Waals surface area contributed by atoms with Gasteiger partial charge in [0.1, 0.15) is 6.54 Å². The zero-order valence-electron chi connectivity index (χ0n) is 13.6. The van der Waals surface area contributed by atoms with Crippen molar-refractivity contribution in [3.05, 3.63) is 39.3 Å². The Balaban J connectivity index is 2.04. The Morgan fingerprint density at radius 2 is 2.13 bits per heavy atom. The molecule has 9 nitrogen and oxygen atoms in total. The van der Waals surface area contributed by atoms with Crippen LogP contribution < -0.4 is 5.32 Å². The molecule has 0 saturated heterocycles. The van der Waals surface area contributed by atoms with Crippen LogP contribution in [-0.4, -0.2) is 30.4 Å². The average molecular weight is 320 g/mol. The number of hydrogen-bond donors (Lipinski definition) is 1. The molecule has 9 heteroatoms. The number of aryl methyl sites for hydroxylation is 2. The van der Waals surface area contributed by atoms with Gasteiger partial charge >= 0.3 is 5.82 Å². The molecule has 0 saturated carbocycles. The van der Waals surface area contributed by atoms with Gasteiger partial charge in [-0.15, -0.1) is 0 Å². The molecular formula is C14H20N6O3. The molecule has 2 heterocycles. The van der Waals surface area contributed by atoms with E-state index in [4.69, 9.17) is 0 Å². The largest absolute Gasteiger partial charge is 0.390 e. The van der Waals surface area contributed by atoms with E-state index in [0.717, 1.165) is 17.8 Å². The average Bonchev–Trinajstić information content (AvgIpc) is 3.02. The van der Waals surface area contributed by atoms with Gasteiger partial charge in [-0.2, -0.15) is 9.78 Å². The maximum atomic E-state index is 12.1. The third-order valence-corrected chi connectivity index (χ3v) is 3.73. The van der Waals surface area contributed by atoms with Gasteiger partial charge in [0.05, 0.1) is 29.1 Å². The van der Waals surface area contributed by atoms with E-state index >= 15 is 0 Å². The predicted octanol–water partition coefficient (Wildman–Crippen LogP) is 1.50. The highest BCUT2D eigenvalue weighted by Gasteiger charge is 2.20. The Hall–Kier alpha value is -2.71. The predicted molar refractivity (Wildman–Crippen MR) is 82.8 cm³/mol. The first-order valence-electron chi connectivity index (χ1n) is 7.34. The summed E-state index contributed by atoms with van der Waals surface area (Å²) in [6.07, 6.45) is 1.74. The Labute approximate surface area is 133 Å². The van der Waals surface area contributed by atoms with Crippen molar-refractivity contribution in [2.75, 3.05) is 0 Å². The Morgan fingerprint density at radius 1 is 1.43 bits per heavy atom. The SMILES string of the molecule is CCn1ncc(C(C)NC(=O)Cn2nc([N+](=O)[O-])cc2C)c1C. The van der Waals surface area contributed by atoms with E-state index in [1.54, 1.807) is 13.1 Å². The third kappa shape index (κ3) is 3.55.